The van der Waals surface area contributed by atoms with Gasteiger partial charge in [0.15, 0.2) is 0 Å². The molecule has 5 N–H and O–H groups in total. The predicted molar refractivity (Wildman–Crippen MR) is 105 cm³/mol. The lowest BCUT2D eigenvalue weighted by Gasteiger charge is -2.40. The standard InChI is InChI=1S/C19H38N6O/c1-25(2)12-11-20-17-9-10-21-18(23-17)24-19(26)22-16-8-7-14-5-3-4-6-15(14)13-16/h14-18,20-21,23H,3-13H2,1-2H3,(H2,22,24,26). The van der Waals surface area contributed by atoms with Crippen molar-refractivity contribution in [3.05, 3.63) is 0 Å². The molecular weight excluding hydrogens is 328 g/mol. The molecule has 2 saturated carbocycles. The molecule has 0 spiro atoms. The van der Waals surface area contributed by atoms with Gasteiger partial charge >= 0.3 is 6.03 Å². The van der Waals surface area contributed by atoms with Crippen LogP contribution >= 0.6 is 0 Å². The first-order valence-corrected chi connectivity index (χ1v) is 10.5. The van der Waals surface area contributed by atoms with E-state index in [-0.39, 0.29) is 18.5 Å². The largest absolute Gasteiger partial charge is 0.335 e. The van der Waals surface area contributed by atoms with Gasteiger partial charge < -0.3 is 20.9 Å². The van der Waals surface area contributed by atoms with E-state index in [1.165, 1.54) is 38.5 Å². The van der Waals surface area contributed by atoms with Crippen LogP contribution in [0.1, 0.15) is 51.4 Å². The van der Waals surface area contributed by atoms with E-state index in [1.54, 1.807) is 0 Å². The summed E-state index contributed by atoms with van der Waals surface area (Å²) in [4.78, 5) is 14.6. The minimum absolute atomic E-state index is 0.0526. The van der Waals surface area contributed by atoms with E-state index in [2.05, 4.69) is 45.6 Å². The van der Waals surface area contributed by atoms with Crippen molar-refractivity contribution in [3.8, 4) is 0 Å². The summed E-state index contributed by atoms with van der Waals surface area (Å²) in [5.74, 6) is 1.75. The van der Waals surface area contributed by atoms with Gasteiger partial charge in [-0.25, -0.2) is 4.79 Å². The Morgan fingerprint density at radius 2 is 1.85 bits per heavy atom. The fraction of sp³-hybridized carbons (Fsp3) is 0.947. The van der Waals surface area contributed by atoms with E-state index in [0.29, 0.717) is 6.04 Å². The molecule has 0 radical (unpaired) electrons. The van der Waals surface area contributed by atoms with Crippen molar-refractivity contribution in [3.63, 3.8) is 0 Å². The van der Waals surface area contributed by atoms with Gasteiger partial charge in [0.1, 0.15) is 6.29 Å². The van der Waals surface area contributed by atoms with Crippen LogP contribution < -0.4 is 26.6 Å². The number of hydrogen-bond acceptors (Lipinski definition) is 5. The van der Waals surface area contributed by atoms with Gasteiger partial charge in [0.25, 0.3) is 0 Å². The van der Waals surface area contributed by atoms with E-state index in [4.69, 9.17) is 0 Å². The number of rotatable bonds is 6. The quantitative estimate of drug-likeness (QED) is 0.484. The second-order valence-corrected chi connectivity index (χ2v) is 8.58. The second-order valence-electron chi connectivity index (χ2n) is 8.58. The van der Waals surface area contributed by atoms with Crippen LogP contribution in [0.3, 0.4) is 0 Å². The van der Waals surface area contributed by atoms with Gasteiger partial charge in [-0.2, -0.15) is 0 Å². The number of nitrogens with one attached hydrogen (secondary N) is 5. The van der Waals surface area contributed by atoms with Crippen molar-refractivity contribution in [1.82, 2.24) is 31.5 Å². The number of carbonyl (C=O) groups is 1. The average molecular weight is 367 g/mol. The minimum Gasteiger partial charge on any atom is -0.335 e. The maximum absolute atomic E-state index is 12.4. The summed E-state index contributed by atoms with van der Waals surface area (Å²) in [7, 11) is 4.15. The molecule has 1 aliphatic heterocycles. The molecule has 5 unspecified atom stereocenters. The normalized spacial score (nSPS) is 35.0. The molecule has 7 nitrogen and oxygen atoms in total. The third-order valence-corrected chi connectivity index (χ3v) is 6.25. The summed E-state index contributed by atoms with van der Waals surface area (Å²) in [6.45, 7) is 2.84. The number of urea groups is 1. The fourth-order valence-electron chi connectivity index (χ4n) is 4.79. The molecule has 7 heteroatoms. The van der Waals surface area contributed by atoms with Crippen LogP contribution in [0.5, 0.6) is 0 Å². The lowest BCUT2D eigenvalue weighted by Crippen LogP contribution is -2.66. The fourth-order valence-corrected chi connectivity index (χ4v) is 4.79. The van der Waals surface area contributed by atoms with E-state index in [9.17, 15) is 4.79 Å². The third kappa shape index (κ3) is 6.08. The molecule has 0 aromatic heterocycles. The monoisotopic (exact) mass is 366 g/mol. The molecule has 0 bridgehead atoms. The number of fused-ring (bicyclic) bond motifs is 1. The molecule has 3 fully saturated rings. The van der Waals surface area contributed by atoms with Gasteiger partial charge in [0.05, 0.1) is 6.17 Å². The number of hydrogen-bond donors (Lipinski definition) is 5. The Kier molecular flexibility index (Phi) is 7.54. The van der Waals surface area contributed by atoms with Gasteiger partial charge in [-0.15, -0.1) is 0 Å². The summed E-state index contributed by atoms with van der Waals surface area (Å²) in [6.07, 6.45) is 10.2. The second kappa shape index (κ2) is 9.88. The zero-order chi connectivity index (χ0) is 18.4. The highest BCUT2D eigenvalue weighted by molar-refractivity contribution is 5.74. The molecule has 2 amide bonds. The molecule has 3 aliphatic rings. The third-order valence-electron chi connectivity index (χ3n) is 6.25. The highest BCUT2D eigenvalue weighted by Gasteiger charge is 2.33. The number of nitrogens with zero attached hydrogens (tertiary/aromatic N) is 1. The van der Waals surface area contributed by atoms with Crippen molar-refractivity contribution in [2.45, 2.75) is 69.9 Å². The Balaban J connectivity index is 1.36. The molecule has 150 valence electrons. The van der Waals surface area contributed by atoms with E-state index >= 15 is 0 Å². The van der Waals surface area contributed by atoms with E-state index in [0.717, 1.165) is 44.3 Å². The molecule has 5 atom stereocenters. The highest BCUT2D eigenvalue weighted by atomic mass is 16.2. The molecule has 1 saturated heterocycles. The zero-order valence-electron chi connectivity index (χ0n) is 16.5. The Hall–Kier alpha value is -0.890. The molecule has 0 aromatic carbocycles. The molecule has 2 aliphatic carbocycles. The summed E-state index contributed by atoms with van der Waals surface area (Å²) in [6, 6.07) is 0.287. The Bertz CT molecular complexity index is 446. The molecule has 1 heterocycles. The van der Waals surface area contributed by atoms with Crippen LogP contribution in [-0.2, 0) is 0 Å². The van der Waals surface area contributed by atoms with Crippen molar-refractivity contribution in [2.24, 2.45) is 11.8 Å². The van der Waals surface area contributed by atoms with E-state index < -0.39 is 0 Å². The van der Waals surface area contributed by atoms with Crippen LogP contribution in [-0.4, -0.2) is 63.2 Å². The van der Waals surface area contributed by atoms with Gasteiger partial charge in [-0.3, -0.25) is 10.6 Å². The van der Waals surface area contributed by atoms with Gasteiger partial charge in [-0.1, -0.05) is 25.7 Å². The Morgan fingerprint density at radius 1 is 1.04 bits per heavy atom. The number of carbonyl (C=O) groups excluding carboxylic acids is 1. The van der Waals surface area contributed by atoms with Crippen LogP contribution in [0, 0.1) is 11.8 Å². The summed E-state index contributed by atoms with van der Waals surface area (Å²) >= 11 is 0. The number of amides is 2. The van der Waals surface area contributed by atoms with Crippen LogP contribution in [0.25, 0.3) is 0 Å². The van der Waals surface area contributed by atoms with Gasteiger partial charge in [0, 0.05) is 25.7 Å². The van der Waals surface area contributed by atoms with Gasteiger partial charge in [-0.05, 0) is 51.6 Å². The first-order chi connectivity index (χ1) is 12.6. The lowest BCUT2D eigenvalue weighted by molar-refractivity contribution is 0.142. The van der Waals surface area contributed by atoms with Crippen LogP contribution in [0.15, 0.2) is 0 Å². The Morgan fingerprint density at radius 3 is 2.65 bits per heavy atom. The van der Waals surface area contributed by atoms with Crippen molar-refractivity contribution < 1.29 is 4.79 Å². The van der Waals surface area contributed by atoms with Crippen molar-refractivity contribution in [2.75, 3.05) is 33.7 Å². The lowest BCUT2D eigenvalue weighted by atomic mass is 9.69. The van der Waals surface area contributed by atoms with Gasteiger partial charge in [0.2, 0.25) is 0 Å². The molecule has 26 heavy (non-hydrogen) atoms. The zero-order valence-corrected chi connectivity index (χ0v) is 16.5. The topological polar surface area (TPSA) is 80.5 Å². The summed E-state index contributed by atoms with van der Waals surface area (Å²) < 4.78 is 0. The minimum atomic E-state index is -0.174. The number of likely N-dealkylation sites (N-methyl/N-ethyl adjacent to an activating group) is 1. The highest BCUT2D eigenvalue weighted by Crippen LogP contribution is 2.40. The molecule has 0 aromatic rings. The van der Waals surface area contributed by atoms with Crippen molar-refractivity contribution in [1.29, 1.82) is 0 Å². The first-order valence-electron chi connectivity index (χ1n) is 10.5. The summed E-state index contributed by atoms with van der Waals surface area (Å²) in [5.41, 5.74) is 0. The van der Waals surface area contributed by atoms with Crippen LogP contribution in [0.2, 0.25) is 0 Å². The predicted octanol–water partition coefficient (Wildman–Crippen LogP) is 0.988. The maximum Gasteiger partial charge on any atom is 0.317 e. The van der Waals surface area contributed by atoms with Crippen molar-refractivity contribution >= 4 is 6.03 Å². The SMILES string of the molecule is CN(C)CCNC1CCNC(NC(=O)NC2CCC3CCCCC3C2)N1. The average Bonchev–Trinajstić information content (AvgIpc) is 2.61. The van der Waals surface area contributed by atoms with E-state index in [1.807, 2.05) is 0 Å². The Labute approximate surface area is 158 Å². The molecule has 3 rings (SSSR count). The maximum atomic E-state index is 12.4. The summed E-state index contributed by atoms with van der Waals surface area (Å²) in [5, 5.41) is 16.5. The molecular formula is C19H38N6O. The van der Waals surface area contributed by atoms with Crippen LogP contribution in [0.4, 0.5) is 4.79 Å². The first kappa shape index (κ1) is 19.9. The smallest absolute Gasteiger partial charge is 0.317 e.